The zero-order valence-electron chi connectivity index (χ0n) is 22.1. The Kier molecular flexibility index (Phi) is 7.60. The molecule has 1 aromatic carbocycles. The number of pyridine rings is 1. The van der Waals surface area contributed by atoms with Crippen LogP contribution in [0.4, 0.5) is 11.6 Å². The van der Waals surface area contributed by atoms with Crippen molar-refractivity contribution < 1.29 is 4.74 Å². The highest BCUT2D eigenvalue weighted by Crippen LogP contribution is 2.34. The van der Waals surface area contributed by atoms with Gasteiger partial charge in [-0.25, -0.2) is 4.79 Å². The van der Waals surface area contributed by atoms with Crippen LogP contribution in [0.3, 0.4) is 0 Å². The summed E-state index contributed by atoms with van der Waals surface area (Å²) in [4.78, 5) is 30.1. The zero-order chi connectivity index (χ0) is 26.0. The highest BCUT2D eigenvalue weighted by atomic mass is 16.5. The summed E-state index contributed by atoms with van der Waals surface area (Å²) in [5.41, 5.74) is 2.26. The first kappa shape index (κ1) is 25.6. The quantitative estimate of drug-likeness (QED) is 0.431. The average molecular weight is 489 g/mol. The molecule has 1 unspecified atom stereocenters. The van der Waals surface area contributed by atoms with Crippen LogP contribution in [0.15, 0.2) is 41.2 Å². The van der Waals surface area contributed by atoms with Crippen LogP contribution in [-0.4, -0.2) is 50.7 Å². The largest absolute Gasteiger partial charge is 0.491 e. The van der Waals surface area contributed by atoms with Crippen LogP contribution in [0.25, 0.3) is 15.9 Å². The number of hydrogen-bond donors (Lipinski definition) is 0. The van der Waals surface area contributed by atoms with E-state index >= 15 is 0 Å². The van der Waals surface area contributed by atoms with Crippen molar-refractivity contribution >= 4 is 22.7 Å². The van der Waals surface area contributed by atoms with Crippen molar-refractivity contribution in [2.24, 2.45) is 7.05 Å². The molecule has 0 amide bonds. The minimum atomic E-state index is -0.308. The minimum Gasteiger partial charge on any atom is -0.491 e. The molecule has 8 nitrogen and oxygen atoms in total. The molecular weight excluding hydrogens is 452 g/mol. The molecule has 8 heteroatoms. The lowest BCUT2D eigenvalue weighted by Crippen LogP contribution is -2.59. The van der Waals surface area contributed by atoms with Crippen molar-refractivity contribution in [2.45, 2.75) is 71.7 Å². The molecule has 1 aliphatic rings. The van der Waals surface area contributed by atoms with Gasteiger partial charge in [-0.1, -0.05) is 32.6 Å². The Morgan fingerprint density at radius 2 is 1.72 bits per heavy atom. The minimum absolute atomic E-state index is 0.149. The second kappa shape index (κ2) is 10.7. The summed E-state index contributed by atoms with van der Waals surface area (Å²) in [6.07, 6.45) is 2.02. The molecule has 0 bridgehead atoms. The fourth-order valence-electron chi connectivity index (χ4n) is 5.17. The van der Waals surface area contributed by atoms with Crippen molar-refractivity contribution in [3.05, 3.63) is 63.9 Å². The lowest BCUT2D eigenvalue weighted by molar-refractivity contribution is 0.101. The van der Waals surface area contributed by atoms with E-state index in [9.17, 15) is 4.79 Å². The number of nitrogens with zero attached hydrogens (tertiary/aromatic N) is 6. The second-order valence-corrected chi connectivity index (χ2v) is 9.81. The third-order valence-corrected chi connectivity index (χ3v) is 7.22. The van der Waals surface area contributed by atoms with Crippen LogP contribution in [0, 0.1) is 6.57 Å². The van der Waals surface area contributed by atoms with Crippen molar-refractivity contribution in [1.29, 1.82) is 0 Å². The third kappa shape index (κ3) is 4.93. The molecular formula is C28H36N6O2. The molecule has 36 heavy (non-hydrogen) atoms. The summed E-state index contributed by atoms with van der Waals surface area (Å²) < 4.78 is 7.33. The lowest BCUT2D eigenvalue weighted by Gasteiger charge is -2.49. The van der Waals surface area contributed by atoms with E-state index in [-0.39, 0.29) is 29.9 Å². The number of hydrogen-bond acceptors (Lipinski definition) is 6. The van der Waals surface area contributed by atoms with E-state index in [1.807, 2.05) is 13.8 Å². The monoisotopic (exact) mass is 488 g/mol. The van der Waals surface area contributed by atoms with Gasteiger partial charge in [-0.2, -0.15) is 4.98 Å². The highest BCUT2D eigenvalue weighted by molar-refractivity contribution is 5.87. The van der Waals surface area contributed by atoms with Gasteiger partial charge in [0.1, 0.15) is 5.75 Å². The van der Waals surface area contributed by atoms with Gasteiger partial charge in [0.05, 0.1) is 11.6 Å². The summed E-state index contributed by atoms with van der Waals surface area (Å²) in [7, 11) is 1.70. The Labute approximate surface area is 213 Å². The number of fused-ring (bicyclic) bond motifs is 1. The Bertz CT molecular complexity index is 1310. The van der Waals surface area contributed by atoms with Crippen molar-refractivity contribution in [3.8, 4) is 5.75 Å². The van der Waals surface area contributed by atoms with Crippen LogP contribution in [0.1, 0.15) is 59.1 Å². The average Bonchev–Trinajstić information content (AvgIpc) is 2.89. The second-order valence-electron chi connectivity index (χ2n) is 9.81. The number of piperazine rings is 1. The van der Waals surface area contributed by atoms with Gasteiger partial charge >= 0.3 is 5.69 Å². The number of anilines is 1. The molecule has 0 spiro atoms. The molecule has 3 atom stereocenters. The maximum absolute atomic E-state index is 12.8. The molecule has 3 aromatic rings. The van der Waals surface area contributed by atoms with E-state index in [4.69, 9.17) is 11.3 Å². The maximum Gasteiger partial charge on any atom is 0.350 e. The summed E-state index contributed by atoms with van der Waals surface area (Å²) in [6.45, 7) is 19.7. The lowest BCUT2D eigenvalue weighted by atomic mass is 9.97. The first-order valence-corrected chi connectivity index (χ1v) is 12.8. The summed E-state index contributed by atoms with van der Waals surface area (Å²) >= 11 is 0. The van der Waals surface area contributed by atoms with Gasteiger partial charge in [0.15, 0.2) is 5.82 Å². The summed E-state index contributed by atoms with van der Waals surface area (Å²) in [5, 5.41) is 0. The molecule has 1 saturated heterocycles. The van der Waals surface area contributed by atoms with Crippen molar-refractivity contribution in [2.75, 3.05) is 18.0 Å². The normalized spacial score (nSPS) is 19.4. The van der Waals surface area contributed by atoms with Gasteiger partial charge in [0, 0.05) is 38.3 Å². The molecule has 0 aliphatic carbocycles. The van der Waals surface area contributed by atoms with E-state index in [2.05, 4.69) is 69.6 Å². The van der Waals surface area contributed by atoms with Gasteiger partial charge in [-0.3, -0.25) is 9.47 Å². The van der Waals surface area contributed by atoms with Crippen LogP contribution >= 0.6 is 0 Å². The molecule has 1 aliphatic heterocycles. The van der Waals surface area contributed by atoms with Gasteiger partial charge in [-0.05, 0) is 63.4 Å². The number of aryl methyl sites for hydroxylation is 1. The van der Waals surface area contributed by atoms with Crippen LogP contribution in [-0.2, 0) is 7.05 Å². The smallest absolute Gasteiger partial charge is 0.350 e. The topological polar surface area (TPSA) is 67.9 Å². The zero-order valence-corrected chi connectivity index (χ0v) is 22.1. The first-order chi connectivity index (χ1) is 17.3. The molecule has 0 saturated carbocycles. The number of benzene rings is 1. The fourth-order valence-corrected chi connectivity index (χ4v) is 5.17. The van der Waals surface area contributed by atoms with Crippen LogP contribution < -0.4 is 15.3 Å². The van der Waals surface area contributed by atoms with E-state index < -0.39 is 0 Å². The third-order valence-electron chi connectivity index (χ3n) is 7.22. The van der Waals surface area contributed by atoms with Crippen molar-refractivity contribution in [1.82, 2.24) is 19.4 Å². The number of aromatic nitrogens is 3. The molecule has 1 fully saturated rings. The Morgan fingerprint density at radius 3 is 2.33 bits per heavy atom. The predicted molar refractivity (Wildman–Crippen MR) is 144 cm³/mol. The highest BCUT2D eigenvalue weighted by Gasteiger charge is 2.37. The van der Waals surface area contributed by atoms with E-state index in [0.29, 0.717) is 22.7 Å². The molecule has 0 radical (unpaired) electrons. The van der Waals surface area contributed by atoms with E-state index in [0.717, 1.165) is 31.7 Å². The molecule has 3 heterocycles. The maximum atomic E-state index is 12.8. The summed E-state index contributed by atoms with van der Waals surface area (Å²) in [5.74, 6) is 1.78. The van der Waals surface area contributed by atoms with Crippen molar-refractivity contribution in [3.63, 3.8) is 0 Å². The molecule has 190 valence electrons. The Morgan fingerprint density at radius 1 is 1.03 bits per heavy atom. The van der Waals surface area contributed by atoms with Gasteiger partial charge < -0.3 is 14.5 Å². The number of rotatable bonds is 7. The predicted octanol–water partition coefficient (Wildman–Crippen LogP) is 5.11. The molecule has 2 aromatic heterocycles. The summed E-state index contributed by atoms with van der Waals surface area (Å²) in [6, 6.07) is 12.6. The van der Waals surface area contributed by atoms with E-state index in [1.54, 1.807) is 19.2 Å². The van der Waals surface area contributed by atoms with Gasteiger partial charge in [-0.15, -0.1) is 4.98 Å². The SMILES string of the molecule is [C-]#[N+]c1ccc2c(n1)c(N1C[C@@H](CC)N(C(C)c3ccc(OC(C)C)cc3)C[C@@H]1CC)nc(=O)n2C. The van der Waals surface area contributed by atoms with Gasteiger partial charge in [0.25, 0.3) is 5.82 Å². The van der Waals surface area contributed by atoms with Crippen LogP contribution in [0.5, 0.6) is 5.75 Å². The van der Waals surface area contributed by atoms with Gasteiger partial charge in [0.2, 0.25) is 5.52 Å². The van der Waals surface area contributed by atoms with Crippen LogP contribution in [0.2, 0.25) is 0 Å². The Hall–Kier alpha value is -3.44. The fraction of sp³-hybridized carbons (Fsp3) is 0.500. The Balaban J connectivity index is 1.68. The molecule has 0 N–H and O–H groups in total. The standard InChI is InChI=1S/C28H36N6O2/c1-8-21-17-34(27-26-24(32(7)28(35)31-27)14-15-25(29-6)30-26)22(9-2)16-33(21)19(5)20-10-12-23(13-11-20)36-18(3)4/h10-15,18-19,21-22H,8-9,16-17H2,1-5,7H3/t19?,21-,22+/m1/s1. The van der Waals surface area contributed by atoms with E-state index in [1.165, 1.54) is 10.1 Å². The number of ether oxygens (including phenoxy) is 1. The first-order valence-electron chi connectivity index (χ1n) is 12.8. The molecule has 4 rings (SSSR count).